The van der Waals surface area contributed by atoms with Crippen LogP contribution >= 0.6 is 24.0 Å². The summed E-state index contributed by atoms with van der Waals surface area (Å²) >= 11 is 0. The molecule has 0 aromatic rings. The van der Waals surface area contributed by atoms with Crippen LogP contribution in [-0.4, -0.2) is 50.1 Å². The summed E-state index contributed by atoms with van der Waals surface area (Å²) in [7, 11) is 0. The number of likely N-dealkylation sites (tertiary alicyclic amines) is 1. The number of halogens is 1. The smallest absolute Gasteiger partial charge is 0.191 e. The number of guanidine groups is 1. The van der Waals surface area contributed by atoms with Crippen molar-refractivity contribution >= 4 is 29.9 Å². The third-order valence-electron chi connectivity index (χ3n) is 3.40. The first-order valence-electron chi connectivity index (χ1n) is 7.61. The van der Waals surface area contributed by atoms with Gasteiger partial charge in [-0.15, -0.1) is 30.6 Å². The van der Waals surface area contributed by atoms with Gasteiger partial charge in [-0.3, -0.25) is 4.99 Å². The molecule has 20 heavy (non-hydrogen) atoms. The SMILES string of the molecule is C=CCNC(=NCCCN1CCCC(C)C1)NCC.I. The van der Waals surface area contributed by atoms with Crippen molar-refractivity contribution in [2.45, 2.75) is 33.1 Å². The second kappa shape index (κ2) is 12.4. The first-order chi connectivity index (χ1) is 9.26. The summed E-state index contributed by atoms with van der Waals surface area (Å²) < 4.78 is 0. The van der Waals surface area contributed by atoms with E-state index in [9.17, 15) is 0 Å². The topological polar surface area (TPSA) is 39.7 Å². The number of piperidine rings is 1. The Balaban J connectivity index is 0.00000361. The molecular weight excluding hydrogens is 363 g/mol. The highest BCUT2D eigenvalue weighted by Crippen LogP contribution is 2.15. The fraction of sp³-hybridized carbons (Fsp3) is 0.800. The standard InChI is InChI=1S/C15H30N4.HI/c1-4-9-17-15(16-5-2)18-10-7-12-19-11-6-8-14(3)13-19;/h4,14H,1,5-13H2,2-3H3,(H2,16,17,18);1H. The Morgan fingerprint density at radius 2 is 2.25 bits per heavy atom. The van der Waals surface area contributed by atoms with Gasteiger partial charge in [-0.05, 0) is 45.2 Å². The maximum atomic E-state index is 4.57. The van der Waals surface area contributed by atoms with E-state index in [-0.39, 0.29) is 24.0 Å². The van der Waals surface area contributed by atoms with Gasteiger partial charge >= 0.3 is 0 Å². The largest absolute Gasteiger partial charge is 0.357 e. The fourth-order valence-corrected chi connectivity index (χ4v) is 2.49. The zero-order valence-electron chi connectivity index (χ0n) is 13.0. The van der Waals surface area contributed by atoms with Crippen molar-refractivity contribution in [3.8, 4) is 0 Å². The van der Waals surface area contributed by atoms with Gasteiger partial charge in [0.2, 0.25) is 0 Å². The molecule has 2 N–H and O–H groups in total. The molecule has 1 fully saturated rings. The van der Waals surface area contributed by atoms with Gasteiger partial charge in [0.1, 0.15) is 0 Å². The van der Waals surface area contributed by atoms with Crippen molar-refractivity contribution in [1.82, 2.24) is 15.5 Å². The number of nitrogens with zero attached hydrogens (tertiary/aromatic N) is 2. The molecule has 1 rings (SSSR count). The lowest BCUT2D eigenvalue weighted by Crippen LogP contribution is -2.38. The number of hydrogen-bond acceptors (Lipinski definition) is 2. The predicted octanol–water partition coefficient (Wildman–Crippen LogP) is 2.47. The summed E-state index contributed by atoms with van der Waals surface area (Å²) in [4.78, 5) is 7.15. The minimum Gasteiger partial charge on any atom is -0.357 e. The molecule has 1 aliphatic rings. The summed E-state index contributed by atoms with van der Waals surface area (Å²) in [6.07, 6.45) is 5.73. The van der Waals surface area contributed by atoms with Crippen LogP contribution in [0.1, 0.15) is 33.1 Å². The van der Waals surface area contributed by atoms with E-state index in [1.807, 2.05) is 6.08 Å². The molecule has 0 radical (unpaired) electrons. The predicted molar refractivity (Wildman–Crippen MR) is 99.0 cm³/mol. The van der Waals surface area contributed by atoms with Gasteiger partial charge in [-0.2, -0.15) is 0 Å². The minimum absolute atomic E-state index is 0. The quantitative estimate of drug-likeness (QED) is 0.229. The van der Waals surface area contributed by atoms with Gasteiger partial charge < -0.3 is 15.5 Å². The first-order valence-corrected chi connectivity index (χ1v) is 7.61. The van der Waals surface area contributed by atoms with E-state index in [1.165, 1.54) is 32.5 Å². The van der Waals surface area contributed by atoms with Crippen LogP contribution in [0.3, 0.4) is 0 Å². The number of aliphatic imine (C=N–C) groups is 1. The summed E-state index contributed by atoms with van der Waals surface area (Å²) in [5.74, 6) is 1.76. The molecule has 1 unspecified atom stereocenters. The molecule has 0 saturated carbocycles. The van der Waals surface area contributed by atoms with E-state index >= 15 is 0 Å². The summed E-state index contributed by atoms with van der Waals surface area (Å²) in [5, 5.41) is 6.46. The average molecular weight is 394 g/mol. The Hall–Kier alpha value is -0.300. The molecular formula is C15H31IN4. The van der Waals surface area contributed by atoms with E-state index in [0.717, 1.165) is 37.9 Å². The number of rotatable bonds is 7. The normalized spacial score (nSPS) is 20.1. The van der Waals surface area contributed by atoms with Crippen LogP contribution in [0.4, 0.5) is 0 Å². The zero-order chi connectivity index (χ0) is 13.9. The number of nitrogens with one attached hydrogen (secondary N) is 2. The monoisotopic (exact) mass is 394 g/mol. The second-order valence-corrected chi connectivity index (χ2v) is 5.33. The van der Waals surface area contributed by atoms with Crippen LogP contribution < -0.4 is 10.6 Å². The Kier molecular flexibility index (Phi) is 12.3. The molecule has 1 saturated heterocycles. The number of hydrogen-bond donors (Lipinski definition) is 2. The molecule has 0 amide bonds. The van der Waals surface area contributed by atoms with Gasteiger partial charge in [-0.1, -0.05) is 13.0 Å². The van der Waals surface area contributed by atoms with E-state index < -0.39 is 0 Å². The second-order valence-electron chi connectivity index (χ2n) is 5.33. The lowest BCUT2D eigenvalue weighted by Gasteiger charge is -2.30. The molecule has 0 aromatic heterocycles. The van der Waals surface area contributed by atoms with Gasteiger partial charge in [0.15, 0.2) is 5.96 Å². The summed E-state index contributed by atoms with van der Waals surface area (Å²) in [6, 6.07) is 0. The molecule has 118 valence electrons. The maximum Gasteiger partial charge on any atom is 0.191 e. The van der Waals surface area contributed by atoms with E-state index in [2.05, 4.69) is 41.0 Å². The van der Waals surface area contributed by atoms with E-state index in [1.54, 1.807) is 0 Å². The highest BCUT2D eigenvalue weighted by molar-refractivity contribution is 14.0. The summed E-state index contributed by atoms with van der Waals surface area (Å²) in [6.45, 7) is 14.4. The minimum atomic E-state index is 0. The van der Waals surface area contributed by atoms with Gasteiger partial charge in [0, 0.05) is 26.2 Å². The zero-order valence-corrected chi connectivity index (χ0v) is 15.4. The van der Waals surface area contributed by atoms with E-state index in [4.69, 9.17) is 0 Å². The van der Waals surface area contributed by atoms with Gasteiger partial charge in [0.05, 0.1) is 0 Å². The van der Waals surface area contributed by atoms with Crippen LogP contribution in [0.25, 0.3) is 0 Å². The lowest BCUT2D eigenvalue weighted by molar-refractivity contribution is 0.183. The molecule has 0 aromatic carbocycles. The highest BCUT2D eigenvalue weighted by atomic mass is 127. The molecule has 0 spiro atoms. The Labute approximate surface area is 141 Å². The Morgan fingerprint density at radius 1 is 1.45 bits per heavy atom. The van der Waals surface area contributed by atoms with Crippen LogP contribution in [-0.2, 0) is 0 Å². The molecule has 4 nitrogen and oxygen atoms in total. The first kappa shape index (κ1) is 19.7. The molecule has 1 aliphatic heterocycles. The van der Waals surface area contributed by atoms with Crippen molar-refractivity contribution in [2.24, 2.45) is 10.9 Å². The lowest BCUT2D eigenvalue weighted by atomic mass is 10.0. The maximum absolute atomic E-state index is 4.57. The molecule has 1 atom stereocenters. The fourth-order valence-electron chi connectivity index (χ4n) is 2.49. The van der Waals surface area contributed by atoms with Crippen molar-refractivity contribution in [3.63, 3.8) is 0 Å². The van der Waals surface area contributed by atoms with Crippen LogP contribution in [0.15, 0.2) is 17.6 Å². The van der Waals surface area contributed by atoms with Gasteiger partial charge in [0.25, 0.3) is 0 Å². The molecule has 0 aliphatic carbocycles. The molecule has 1 heterocycles. The highest BCUT2D eigenvalue weighted by Gasteiger charge is 2.15. The average Bonchev–Trinajstić information content (AvgIpc) is 2.41. The van der Waals surface area contributed by atoms with Gasteiger partial charge in [-0.25, -0.2) is 0 Å². The Bertz CT molecular complexity index is 281. The van der Waals surface area contributed by atoms with Crippen molar-refractivity contribution in [1.29, 1.82) is 0 Å². The van der Waals surface area contributed by atoms with Crippen molar-refractivity contribution in [2.75, 3.05) is 39.3 Å². The third kappa shape index (κ3) is 8.79. The van der Waals surface area contributed by atoms with Crippen LogP contribution in [0, 0.1) is 5.92 Å². The summed E-state index contributed by atoms with van der Waals surface area (Å²) in [5.41, 5.74) is 0. The Morgan fingerprint density at radius 3 is 2.90 bits per heavy atom. The van der Waals surface area contributed by atoms with Crippen LogP contribution in [0.5, 0.6) is 0 Å². The van der Waals surface area contributed by atoms with E-state index in [0.29, 0.717) is 0 Å². The van der Waals surface area contributed by atoms with Crippen molar-refractivity contribution < 1.29 is 0 Å². The molecule has 5 heteroatoms. The van der Waals surface area contributed by atoms with Crippen LogP contribution in [0.2, 0.25) is 0 Å². The molecule has 0 bridgehead atoms. The van der Waals surface area contributed by atoms with Crippen molar-refractivity contribution in [3.05, 3.63) is 12.7 Å². The third-order valence-corrected chi connectivity index (χ3v) is 3.40.